The Kier molecular flexibility index (Phi) is 1.85. The lowest BCUT2D eigenvalue weighted by Crippen LogP contribution is -2.04. The van der Waals surface area contributed by atoms with Crippen molar-refractivity contribution in [2.45, 2.75) is 0 Å². The molecule has 0 atom stereocenters. The van der Waals surface area contributed by atoms with Gasteiger partial charge in [-0.3, -0.25) is 4.79 Å². The number of hydrogen-bond donors (Lipinski definition) is 3. The molecular weight excluding hydrogens is 286 g/mol. The van der Waals surface area contributed by atoms with Gasteiger partial charge in [0.05, 0.1) is 11.3 Å². The van der Waals surface area contributed by atoms with Gasteiger partial charge in [-0.05, 0) is 29.7 Å². The van der Waals surface area contributed by atoms with Crippen LogP contribution >= 0.6 is 0 Å². The van der Waals surface area contributed by atoms with Gasteiger partial charge in [0.2, 0.25) is 6.79 Å². The van der Waals surface area contributed by atoms with Gasteiger partial charge in [0.1, 0.15) is 0 Å². The van der Waals surface area contributed by atoms with Gasteiger partial charge in [-0.25, -0.2) is 0 Å². The maximum Gasteiger partial charge on any atom is 0.256 e. The van der Waals surface area contributed by atoms with E-state index in [9.17, 15) is 15.0 Å². The molecule has 2 aliphatic heterocycles. The Morgan fingerprint density at radius 2 is 1.91 bits per heavy atom. The lowest BCUT2D eigenvalue weighted by atomic mass is 9.96. The van der Waals surface area contributed by atoms with Gasteiger partial charge < -0.3 is 25.0 Å². The Morgan fingerprint density at radius 3 is 2.77 bits per heavy atom. The summed E-state index contributed by atoms with van der Waals surface area (Å²) in [6.45, 7) is 0.0886. The third-order valence-electron chi connectivity index (χ3n) is 4.18. The molecule has 0 radical (unpaired) electrons. The first-order valence-corrected chi connectivity index (χ1v) is 6.70. The van der Waals surface area contributed by atoms with Crippen LogP contribution in [0.15, 0.2) is 24.3 Å². The largest absolute Gasteiger partial charge is 0.504 e. The lowest BCUT2D eigenvalue weighted by Gasteiger charge is -2.10. The summed E-state index contributed by atoms with van der Waals surface area (Å²) in [5, 5.41) is 25.2. The normalized spacial score (nSPS) is 14.8. The fourth-order valence-electron chi connectivity index (χ4n) is 3.22. The molecule has 108 valence electrons. The van der Waals surface area contributed by atoms with Crippen LogP contribution in [0.2, 0.25) is 0 Å². The van der Waals surface area contributed by atoms with Crippen molar-refractivity contribution < 1.29 is 24.5 Å². The second kappa shape index (κ2) is 3.54. The molecule has 0 aliphatic carbocycles. The van der Waals surface area contributed by atoms with Crippen LogP contribution in [0.3, 0.4) is 0 Å². The number of benzene rings is 3. The number of anilines is 1. The van der Waals surface area contributed by atoms with Crippen LogP contribution in [0, 0.1) is 0 Å². The van der Waals surface area contributed by atoms with Crippen LogP contribution in [0.25, 0.3) is 21.5 Å². The predicted octanol–water partition coefficient (Wildman–Crippen LogP) is 2.70. The summed E-state index contributed by atoms with van der Waals surface area (Å²) in [4.78, 5) is 12.2. The number of aromatic hydroxyl groups is 2. The average Bonchev–Trinajstić information content (AvgIpc) is 3.09. The maximum atomic E-state index is 12.2. The van der Waals surface area contributed by atoms with E-state index in [0.717, 1.165) is 5.39 Å². The van der Waals surface area contributed by atoms with E-state index in [2.05, 4.69) is 5.32 Å². The topological polar surface area (TPSA) is 88.0 Å². The summed E-state index contributed by atoms with van der Waals surface area (Å²) in [6, 6.07) is 6.43. The molecule has 3 N–H and O–H groups in total. The molecule has 3 aromatic carbocycles. The van der Waals surface area contributed by atoms with E-state index in [4.69, 9.17) is 9.47 Å². The van der Waals surface area contributed by atoms with Crippen molar-refractivity contribution in [1.82, 2.24) is 0 Å². The number of ether oxygens (including phenoxy) is 2. The minimum absolute atomic E-state index is 0.0886. The third kappa shape index (κ3) is 1.18. The summed E-state index contributed by atoms with van der Waals surface area (Å²) in [5.74, 6) is 0.387. The van der Waals surface area contributed by atoms with Gasteiger partial charge in [-0.15, -0.1) is 0 Å². The second-order valence-corrected chi connectivity index (χ2v) is 5.31. The van der Waals surface area contributed by atoms with Crippen molar-refractivity contribution >= 4 is 33.1 Å². The summed E-state index contributed by atoms with van der Waals surface area (Å²) in [6.07, 6.45) is 0. The minimum atomic E-state index is -0.227. The molecule has 22 heavy (non-hydrogen) atoms. The van der Waals surface area contributed by atoms with E-state index in [0.29, 0.717) is 38.9 Å². The van der Waals surface area contributed by atoms with Crippen molar-refractivity contribution in [3.8, 4) is 23.0 Å². The highest BCUT2D eigenvalue weighted by Crippen LogP contribution is 2.51. The van der Waals surface area contributed by atoms with Crippen molar-refractivity contribution in [2.24, 2.45) is 0 Å². The van der Waals surface area contributed by atoms with E-state index in [-0.39, 0.29) is 24.2 Å². The smallest absolute Gasteiger partial charge is 0.256 e. The number of fused-ring (bicyclic) bond motifs is 4. The first kappa shape index (κ1) is 11.5. The van der Waals surface area contributed by atoms with Gasteiger partial charge in [0, 0.05) is 16.2 Å². The van der Waals surface area contributed by atoms with Gasteiger partial charge in [-0.1, -0.05) is 0 Å². The summed E-state index contributed by atoms with van der Waals surface area (Å²) >= 11 is 0. The Bertz CT molecular complexity index is 1020. The number of hydrogen-bond acceptors (Lipinski definition) is 5. The second-order valence-electron chi connectivity index (χ2n) is 5.31. The SMILES string of the molecule is O=C1Nc2cc3c(O)c(O)ccc3c3c4c(cc1c23)OCO4. The molecule has 2 aliphatic rings. The molecule has 0 fully saturated rings. The highest BCUT2D eigenvalue weighted by atomic mass is 16.7. The van der Waals surface area contributed by atoms with Gasteiger partial charge in [-0.2, -0.15) is 0 Å². The molecule has 5 rings (SSSR count). The zero-order chi connectivity index (χ0) is 15.0. The summed E-state index contributed by atoms with van der Waals surface area (Å²) < 4.78 is 11.0. The van der Waals surface area contributed by atoms with Crippen molar-refractivity contribution in [1.29, 1.82) is 0 Å². The van der Waals surface area contributed by atoms with Crippen LogP contribution in [-0.4, -0.2) is 22.9 Å². The summed E-state index contributed by atoms with van der Waals surface area (Å²) in [7, 11) is 0. The number of phenols is 2. The molecule has 0 aromatic heterocycles. The first-order chi connectivity index (χ1) is 10.6. The molecule has 6 nitrogen and oxygen atoms in total. The fraction of sp³-hybridized carbons (Fsp3) is 0.0625. The molecule has 0 unspecified atom stereocenters. The molecule has 6 heteroatoms. The van der Waals surface area contributed by atoms with Crippen LogP contribution in [0.4, 0.5) is 5.69 Å². The van der Waals surface area contributed by atoms with Crippen LogP contribution in [0.1, 0.15) is 10.4 Å². The predicted molar refractivity (Wildman–Crippen MR) is 78.9 cm³/mol. The molecule has 2 heterocycles. The van der Waals surface area contributed by atoms with Gasteiger partial charge in [0.25, 0.3) is 5.91 Å². The molecule has 0 spiro atoms. The zero-order valence-electron chi connectivity index (χ0n) is 11.1. The third-order valence-corrected chi connectivity index (χ3v) is 4.18. The quantitative estimate of drug-likeness (QED) is 0.438. The van der Waals surface area contributed by atoms with Crippen LogP contribution in [-0.2, 0) is 0 Å². The monoisotopic (exact) mass is 295 g/mol. The Hall–Kier alpha value is -3.15. The van der Waals surface area contributed by atoms with Crippen molar-refractivity contribution in [2.75, 3.05) is 12.1 Å². The first-order valence-electron chi connectivity index (χ1n) is 6.70. The van der Waals surface area contributed by atoms with Crippen molar-refractivity contribution in [3.63, 3.8) is 0 Å². The average molecular weight is 295 g/mol. The summed E-state index contributed by atoms with van der Waals surface area (Å²) in [5.41, 5.74) is 1.10. The standard InChI is InChI=1S/C16H9NO5/c18-10-2-1-6-7(14(10)19)3-9-12-8(16(20)17-9)4-11-15(13(6)12)22-5-21-11/h1-4,18-19H,5H2,(H,17,20). The number of nitrogens with one attached hydrogen (secondary N) is 1. The molecule has 3 aromatic rings. The van der Waals surface area contributed by atoms with Gasteiger partial charge >= 0.3 is 0 Å². The van der Waals surface area contributed by atoms with E-state index < -0.39 is 0 Å². The molecule has 0 saturated heterocycles. The Balaban J connectivity index is 2.11. The number of rotatable bonds is 0. The molecule has 0 saturated carbocycles. The Morgan fingerprint density at radius 1 is 1.05 bits per heavy atom. The maximum absolute atomic E-state index is 12.2. The number of phenolic OH excluding ortho intramolecular Hbond substituents is 2. The van der Waals surface area contributed by atoms with E-state index in [1.54, 1.807) is 18.2 Å². The molecule has 1 amide bonds. The van der Waals surface area contributed by atoms with E-state index in [1.165, 1.54) is 6.07 Å². The minimum Gasteiger partial charge on any atom is -0.504 e. The fourth-order valence-corrected chi connectivity index (χ4v) is 3.22. The molecule has 0 bridgehead atoms. The van der Waals surface area contributed by atoms with Crippen molar-refractivity contribution in [3.05, 3.63) is 29.8 Å². The Labute approximate surface area is 123 Å². The van der Waals surface area contributed by atoms with Crippen LogP contribution < -0.4 is 14.8 Å². The van der Waals surface area contributed by atoms with E-state index in [1.807, 2.05) is 0 Å². The highest BCUT2D eigenvalue weighted by molar-refractivity contribution is 6.31. The lowest BCUT2D eigenvalue weighted by molar-refractivity contribution is 0.103. The molecular formula is C16H9NO5. The van der Waals surface area contributed by atoms with E-state index >= 15 is 0 Å². The zero-order valence-corrected chi connectivity index (χ0v) is 11.1. The number of carbonyl (C=O) groups is 1. The number of amides is 1. The van der Waals surface area contributed by atoms with Gasteiger partial charge in [0.15, 0.2) is 23.0 Å². The number of carbonyl (C=O) groups excluding carboxylic acids is 1. The van der Waals surface area contributed by atoms with Crippen LogP contribution in [0.5, 0.6) is 23.0 Å². The highest BCUT2D eigenvalue weighted by Gasteiger charge is 2.30.